The number of nitrogens with zero attached hydrogens (tertiary/aromatic N) is 2. The lowest BCUT2D eigenvalue weighted by atomic mass is 10.0. The van der Waals surface area contributed by atoms with Crippen molar-refractivity contribution in [3.05, 3.63) is 65.2 Å². The number of carbonyl (C=O) groups is 2. The fourth-order valence-electron chi connectivity index (χ4n) is 4.00. The van der Waals surface area contributed by atoms with Gasteiger partial charge in [0.05, 0.1) is 12.6 Å². The maximum absolute atomic E-state index is 13.4. The molecule has 0 radical (unpaired) electrons. The van der Waals surface area contributed by atoms with Crippen molar-refractivity contribution < 1.29 is 19.5 Å². The summed E-state index contributed by atoms with van der Waals surface area (Å²) < 4.78 is 6.04. The Bertz CT molecular complexity index is 881. The molecule has 0 aromatic heterocycles. The fourth-order valence-corrected chi connectivity index (χ4v) is 4.00. The molecule has 2 aliphatic heterocycles. The molecule has 1 atom stereocenters. The molecule has 2 N–H and O–H groups in total. The van der Waals surface area contributed by atoms with Crippen LogP contribution >= 0.6 is 0 Å². The van der Waals surface area contributed by atoms with Crippen LogP contribution in [0.15, 0.2) is 48.5 Å². The molecule has 2 heterocycles. The molecule has 1 saturated heterocycles. The Labute approximate surface area is 169 Å². The minimum atomic E-state index is -0.596. The van der Waals surface area contributed by atoms with Crippen molar-refractivity contribution >= 4 is 11.9 Å². The zero-order valence-electron chi connectivity index (χ0n) is 16.2. The third-order valence-electron chi connectivity index (χ3n) is 5.60. The van der Waals surface area contributed by atoms with E-state index in [1.807, 2.05) is 40.1 Å². The Kier molecular flexibility index (Phi) is 5.67. The number of hydrogen-bond donors (Lipinski definition) is 2. The topological polar surface area (TPSA) is 82.1 Å². The van der Waals surface area contributed by atoms with Gasteiger partial charge in [0.2, 0.25) is 0 Å². The van der Waals surface area contributed by atoms with Crippen molar-refractivity contribution in [2.45, 2.75) is 31.8 Å². The number of benzene rings is 2. The molecule has 0 spiro atoms. The molecule has 7 nitrogen and oxygen atoms in total. The number of fused-ring (bicyclic) bond motifs is 1. The van der Waals surface area contributed by atoms with E-state index < -0.39 is 5.91 Å². The molecule has 2 aromatic rings. The van der Waals surface area contributed by atoms with E-state index in [2.05, 4.69) is 0 Å². The molecular formula is C22H25N3O4. The summed E-state index contributed by atoms with van der Waals surface area (Å²) in [7, 11) is 0. The first-order chi connectivity index (χ1) is 14.2. The number of hydrogen-bond acceptors (Lipinski definition) is 4. The summed E-state index contributed by atoms with van der Waals surface area (Å²) in [4.78, 5) is 29.0. The molecule has 0 bridgehead atoms. The van der Waals surface area contributed by atoms with Crippen LogP contribution in [0, 0.1) is 0 Å². The number of piperidine rings is 1. The summed E-state index contributed by atoms with van der Waals surface area (Å²) in [6.07, 6.45) is 3.22. The fraction of sp³-hybridized carbons (Fsp3) is 0.364. The van der Waals surface area contributed by atoms with Gasteiger partial charge in [-0.05, 0) is 37.0 Å². The predicted octanol–water partition coefficient (Wildman–Crippen LogP) is 3.35. The quantitative estimate of drug-likeness (QED) is 0.604. The number of nitrogens with one attached hydrogen (secondary N) is 1. The number of amides is 3. The summed E-state index contributed by atoms with van der Waals surface area (Å²) in [5, 5.41) is 8.90. The number of rotatable bonds is 2. The molecule has 0 aliphatic carbocycles. The molecular weight excluding hydrogens is 370 g/mol. The number of carbonyl (C=O) groups excluding carboxylic acids is 2. The van der Waals surface area contributed by atoms with Crippen molar-refractivity contribution in [2.24, 2.45) is 0 Å². The van der Waals surface area contributed by atoms with Crippen molar-refractivity contribution in [1.29, 1.82) is 0 Å². The average Bonchev–Trinajstić information content (AvgIpc) is 2.98. The Morgan fingerprint density at radius 2 is 1.79 bits per heavy atom. The predicted molar refractivity (Wildman–Crippen MR) is 107 cm³/mol. The van der Waals surface area contributed by atoms with E-state index in [4.69, 9.17) is 9.94 Å². The molecule has 4 rings (SSSR count). The van der Waals surface area contributed by atoms with E-state index in [1.54, 1.807) is 23.7 Å². The summed E-state index contributed by atoms with van der Waals surface area (Å²) in [6.45, 7) is 2.24. The van der Waals surface area contributed by atoms with Gasteiger partial charge in [0.1, 0.15) is 12.4 Å². The summed E-state index contributed by atoms with van der Waals surface area (Å²) in [6, 6.07) is 14.7. The number of urea groups is 1. The molecule has 7 heteroatoms. The molecule has 0 saturated carbocycles. The molecule has 152 valence electrons. The van der Waals surface area contributed by atoms with E-state index in [-0.39, 0.29) is 12.1 Å². The largest absolute Gasteiger partial charge is 0.491 e. The highest BCUT2D eigenvalue weighted by Crippen LogP contribution is 2.33. The van der Waals surface area contributed by atoms with Gasteiger partial charge < -0.3 is 14.5 Å². The normalized spacial score (nSPS) is 19.0. The van der Waals surface area contributed by atoms with Gasteiger partial charge in [-0.15, -0.1) is 0 Å². The van der Waals surface area contributed by atoms with Crippen LogP contribution in [0.1, 0.15) is 46.8 Å². The third-order valence-corrected chi connectivity index (χ3v) is 5.60. The minimum Gasteiger partial charge on any atom is -0.491 e. The second-order valence-corrected chi connectivity index (χ2v) is 7.46. The van der Waals surface area contributed by atoms with E-state index in [1.165, 1.54) is 0 Å². The number of hydroxylamine groups is 1. The standard InChI is InChI=1S/C22H25N3O4/c26-21(23-28)17-9-10-18-14-25(22(27)24-11-5-2-6-12-24)19(15-29-20(18)13-17)16-7-3-1-4-8-16/h1,3-4,7-10,13,19,28H,2,5-6,11-12,14-15H2,(H,23,26)/t19-/m1/s1. The molecule has 2 aliphatic rings. The van der Waals surface area contributed by atoms with E-state index in [0.29, 0.717) is 24.5 Å². The second kappa shape index (κ2) is 8.53. The monoisotopic (exact) mass is 395 g/mol. The van der Waals surface area contributed by atoms with Gasteiger partial charge in [0.15, 0.2) is 0 Å². The van der Waals surface area contributed by atoms with Crippen LogP contribution in [-0.2, 0) is 6.54 Å². The van der Waals surface area contributed by atoms with E-state index in [0.717, 1.165) is 43.5 Å². The van der Waals surface area contributed by atoms with Gasteiger partial charge in [0, 0.05) is 24.2 Å². The highest BCUT2D eigenvalue weighted by atomic mass is 16.5. The van der Waals surface area contributed by atoms with Crippen LogP contribution in [0.5, 0.6) is 5.75 Å². The van der Waals surface area contributed by atoms with E-state index >= 15 is 0 Å². The molecule has 29 heavy (non-hydrogen) atoms. The van der Waals surface area contributed by atoms with Gasteiger partial charge in [-0.2, -0.15) is 0 Å². The highest BCUT2D eigenvalue weighted by Gasteiger charge is 2.33. The second-order valence-electron chi connectivity index (χ2n) is 7.46. The molecule has 0 unspecified atom stereocenters. The van der Waals surface area contributed by atoms with Crippen molar-refractivity contribution in [3.63, 3.8) is 0 Å². The highest BCUT2D eigenvalue weighted by molar-refractivity contribution is 5.93. The van der Waals surface area contributed by atoms with Crippen LogP contribution in [0.25, 0.3) is 0 Å². The Hall–Kier alpha value is -3.06. The van der Waals surface area contributed by atoms with Crippen LogP contribution < -0.4 is 10.2 Å². The van der Waals surface area contributed by atoms with Crippen molar-refractivity contribution in [1.82, 2.24) is 15.3 Å². The summed E-state index contributed by atoms with van der Waals surface area (Å²) in [5.74, 6) is -0.0394. The average molecular weight is 395 g/mol. The van der Waals surface area contributed by atoms with Crippen molar-refractivity contribution in [3.8, 4) is 5.75 Å². The van der Waals surface area contributed by atoms with Gasteiger partial charge in [0.25, 0.3) is 5.91 Å². The van der Waals surface area contributed by atoms with Crippen LogP contribution in [0.4, 0.5) is 4.79 Å². The first kappa shape index (κ1) is 19.3. The zero-order chi connectivity index (χ0) is 20.2. The zero-order valence-corrected chi connectivity index (χ0v) is 16.2. The van der Waals surface area contributed by atoms with Gasteiger partial charge in [-0.25, -0.2) is 10.3 Å². The Morgan fingerprint density at radius 3 is 2.52 bits per heavy atom. The first-order valence-corrected chi connectivity index (χ1v) is 9.98. The summed E-state index contributed by atoms with van der Waals surface area (Å²) >= 11 is 0. The van der Waals surface area contributed by atoms with Crippen LogP contribution in [-0.4, -0.2) is 46.6 Å². The third kappa shape index (κ3) is 4.05. The maximum atomic E-state index is 13.4. The number of likely N-dealkylation sites (tertiary alicyclic amines) is 1. The smallest absolute Gasteiger partial charge is 0.320 e. The molecule has 2 aromatic carbocycles. The Balaban J connectivity index is 1.68. The maximum Gasteiger partial charge on any atom is 0.320 e. The van der Waals surface area contributed by atoms with Gasteiger partial charge in [-0.3, -0.25) is 10.0 Å². The SMILES string of the molecule is O=C(NO)c1ccc2c(c1)OC[C@H](c1ccccc1)N(C(=O)N1CCCCC1)C2. The van der Waals surface area contributed by atoms with Gasteiger partial charge in [-0.1, -0.05) is 36.4 Å². The lowest BCUT2D eigenvalue weighted by Gasteiger charge is -2.36. The lowest BCUT2D eigenvalue weighted by molar-refractivity contribution is 0.0706. The van der Waals surface area contributed by atoms with E-state index in [9.17, 15) is 9.59 Å². The molecule has 3 amide bonds. The lowest BCUT2D eigenvalue weighted by Crippen LogP contribution is -2.47. The number of ether oxygens (including phenoxy) is 1. The van der Waals surface area contributed by atoms with Gasteiger partial charge >= 0.3 is 6.03 Å². The van der Waals surface area contributed by atoms with Crippen molar-refractivity contribution in [2.75, 3.05) is 19.7 Å². The Morgan fingerprint density at radius 1 is 1.03 bits per heavy atom. The minimum absolute atomic E-state index is 0.0205. The molecule has 1 fully saturated rings. The van der Waals surface area contributed by atoms with Crippen LogP contribution in [0.2, 0.25) is 0 Å². The first-order valence-electron chi connectivity index (χ1n) is 9.98. The summed E-state index contributed by atoms with van der Waals surface area (Å²) in [5.41, 5.74) is 3.80. The van der Waals surface area contributed by atoms with Crippen LogP contribution in [0.3, 0.4) is 0 Å².